The van der Waals surface area contributed by atoms with Gasteiger partial charge in [-0.1, -0.05) is 0 Å². The number of aliphatic hydroxyl groups is 1. The molecule has 2 aromatic heterocycles. The Hall–Kier alpha value is -2.38. The van der Waals surface area contributed by atoms with Gasteiger partial charge in [0.25, 0.3) is 5.91 Å². The number of pyridine rings is 1. The van der Waals surface area contributed by atoms with E-state index in [0.29, 0.717) is 3.57 Å². The number of nitrogens with one attached hydrogen (secondary N) is 2. The largest absolute Gasteiger partial charge is 0.394 e. The van der Waals surface area contributed by atoms with Crippen molar-refractivity contribution in [3.8, 4) is 0 Å². The molecule has 0 spiro atoms. The number of carbonyl (C=O) groups excluding carboxylic acids is 1. The van der Waals surface area contributed by atoms with Crippen LogP contribution in [-0.4, -0.2) is 38.8 Å². The highest BCUT2D eigenvalue weighted by Crippen LogP contribution is 2.29. The molecular formula is C15H12F2IN5O3. The molecule has 1 aromatic carbocycles. The molecule has 0 unspecified atom stereocenters. The van der Waals surface area contributed by atoms with E-state index in [1.54, 1.807) is 6.07 Å². The lowest BCUT2D eigenvalue weighted by atomic mass is 10.1. The molecule has 0 aliphatic heterocycles. The van der Waals surface area contributed by atoms with Crippen LogP contribution in [0.15, 0.2) is 30.7 Å². The van der Waals surface area contributed by atoms with Gasteiger partial charge in [-0.3, -0.25) is 14.0 Å². The van der Waals surface area contributed by atoms with Crippen molar-refractivity contribution in [2.24, 2.45) is 0 Å². The van der Waals surface area contributed by atoms with Gasteiger partial charge in [0.2, 0.25) is 0 Å². The zero-order chi connectivity index (χ0) is 18.7. The zero-order valence-electron chi connectivity index (χ0n) is 13.0. The van der Waals surface area contributed by atoms with Crippen molar-refractivity contribution < 1.29 is 23.5 Å². The predicted octanol–water partition coefficient (Wildman–Crippen LogP) is 2.01. The molecule has 0 fully saturated rings. The summed E-state index contributed by atoms with van der Waals surface area (Å²) in [5.74, 6) is -2.40. The predicted molar refractivity (Wildman–Crippen MR) is 95.8 cm³/mol. The molecule has 0 radical (unpaired) electrons. The number of hydroxylamine groups is 1. The molecule has 136 valence electrons. The standard InChI is InChI=1S/C15H12F2IN5O3/c16-9-5-8(18)1-2-11(9)20-13-12(15(25)22-26-4-3-24)10(17)6-23-7-19-21-14(13)23/h1-2,5-7,20,24H,3-4H2,(H,22,25). The molecule has 0 saturated heterocycles. The number of nitrogens with zero attached hydrogens (tertiary/aromatic N) is 3. The maximum atomic E-state index is 14.5. The Bertz CT molecular complexity index is 966. The van der Waals surface area contributed by atoms with E-state index in [-0.39, 0.29) is 30.2 Å². The second-order valence-corrected chi connectivity index (χ2v) is 6.29. The molecule has 0 bridgehead atoms. The number of hydrogen-bond acceptors (Lipinski definition) is 6. The first kappa shape index (κ1) is 18.4. The quantitative estimate of drug-likeness (QED) is 0.287. The average molecular weight is 475 g/mol. The maximum absolute atomic E-state index is 14.5. The number of aromatic nitrogens is 3. The van der Waals surface area contributed by atoms with Gasteiger partial charge in [-0.25, -0.2) is 14.3 Å². The summed E-state index contributed by atoms with van der Waals surface area (Å²) in [5, 5.41) is 18.9. The zero-order valence-corrected chi connectivity index (χ0v) is 15.2. The minimum Gasteiger partial charge on any atom is -0.394 e. The molecule has 26 heavy (non-hydrogen) atoms. The second kappa shape index (κ2) is 7.88. The van der Waals surface area contributed by atoms with Crippen molar-refractivity contribution >= 4 is 45.5 Å². The fourth-order valence-electron chi connectivity index (χ4n) is 2.21. The van der Waals surface area contributed by atoms with Crippen molar-refractivity contribution in [2.75, 3.05) is 18.5 Å². The van der Waals surface area contributed by atoms with Crippen LogP contribution in [0.5, 0.6) is 0 Å². The van der Waals surface area contributed by atoms with Gasteiger partial charge in [-0.15, -0.1) is 10.2 Å². The Morgan fingerprint density at radius 1 is 1.35 bits per heavy atom. The number of hydrogen-bond donors (Lipinski definition) is 3. The third-order valence-electron chi connectivity index (χ3n) is 3.31. The number of carbonyl (C=O) groups is 1. The summed E-state index contributed by atoms with van der Waals surface area (Å²) in [4.78, 5) is 17.0. The van der Waals surface area contributed by atoms with Crippen LogP contribution in [0.3, 0.4) is 0 Å². The third kappa shape index (κ3) is 3.73. The van der Waals surface area contributed by atoms with Crippen molar-refractivity contribution in [3.63, 3.8) is 0 Å². The van der Waals surface area contributed by atoms with E-state index >= 15 is 0 Å². The second-order valence-electron chi connectivity index (χ2n) is 5.04. The summed E-state index contributed by atoms with van der Waals surface area (Å²) in [6, 6.07) is 4.39. The molecule has 2 heterocycles. The van der Waals surface area contributed by atoms with Crippen molar-refractivity contribution in [1.82, 2.24) is 20.1 Å². The van der Waals surface area contributed by atoms with E-state index in [2.05, 4.69) is 15.5 Å². The lowest BCUT2D eigenvalue weighted by Crippen LogP contribution is -2.27. The SMILES string of the molecule is O=C(NOCCO)c1c(F)cn2cnnc2c1Nc1ccc(I)cc1F. The minimum atomic E-state index is -0.921. The van der Waals surface area contributed by atoms with E-state index in [4.69, 9.17) is 9.94 Å². The van der Waals surface area contributed by atoms with Gasteiger partial charge in [0, 0.05) is 9.77 Å². The molecule has 3 aromatic rings. The van der Waals surface area contributed by atoms with Crippen molar-refractivity contribution in [2.45, 2.75) is 0 Å². The Labute approximate surface area is 159 Å². The molecule has 3 rings (SSSR count). The van der Waals surface area contributed by atoms with E-state index < -0.39 is 23.1 Å². The van der Waals surface area contributed by atoms with E-state index in [1.807, 2.05) is 28.1 Å². The molecule has 8 nitrogen and oxygen atoms in total. The first-order valence-corrected chi connectivity index (χ1v) is 8.36. The maximum Gasteiger partial charge on any atom is 0.280 e. The number of benzene rings is 1. The summed E-state index contributed by atoms with van der Waals surface area (Å²) >= 11 is 1.95. The Balaban J connectivity index is 2.07. The van der Waals surface area contributed by atoms with Gasteiger partial charge in [0.15, 0.2) is 11.5 Å². The van der Waals surface area contributed by atoms with Gasteiger partial charge < -0.3 is 10.4 Å². The van der Waals surface area contributed by atoms with Gasteiger partial charge >= 0.3 is 0 Å². The Morgan fingerprint density at radius 3 is 2.88 bits per heavy atom. The fraction of sp³-hybridized carbons (Fsp3) is 0.133. The fourth-order valence-corrected chi connectivity index (χ4v) is 2.67. The number of halogens is 3. The van der Waals surface area contributed by atoms with Crippen LogP contribution in [0, 0.1) is 15.2 Å². The van der Waals surface area contributed by atoms with Crippen molar-refractivity contribution in [3.05, 3.63) is 51.5 Å². The van der Waals surface area contributed by atoms with Crippen LogP contribution < -0.4 is 10.8 Å². The van der Waals surface area contributed by atoms with Crippen LogP contribution >= 0.6 is 22.6 Å². The topological polar surface area (TPSA) is 101 Å². The molecule has 3 N–H and O–H groups in total. The molecule has 0 saturated carbocycles. The summed E-state index contributed by atoms with van der Waals surface area (Å²) in [7, 11) is 0. The Kier molecular flexibility index (Phi) is 5.58. The lowest BCUT2D eigenvalue weighted by molar-refractivity contribution is 0.0166. The summed E-state index contributed by atoms with van der Waals surface area (Å²) in [6.45, 7) is -0.500. The molecule has 1 amide bonds. The first-order valence-electron chi connectivity index (χ1n) is 7.28. The number of fused-ring (bicyclic) bond motifs is 1. The van der Waals surface area contributed by atoms with E-state index in [0.717, 1.165) is 6.20 Å². The van der Waals surface area contributed by atoms with Crippen molar-refractivity contribution in [1.29, 1.82) is 0 Å². The first-order chi connectivity index (χ1) is 12.5. The van der Waals surface area contributed by atoms with Crippen LogP contribution in [0.25, 0.3) is 5.65 Å². The number of aliphatic hydroxyl groups excluding tert-OH is 1. The lowest BCUT2D eigenvalue weighted by Gasteiger charge is -2.14. The Morgan fingerprint density at radius 2 is 2.15 bits per heavy atom. The normalized spacial score (nSPS) is 10.9. The summed E-state index contributed by atoms with van der Waals surface area (Å²) in [6.07, 6.45) is 2.27. The van der Waals surface area contributed by atoms with Crippen LogP contribution in [0.1, 0.15) is 10.4 Å². The van der Waals surface area contributed by atoms with Gasteiger partial charge in [0.05, 0.1) is 18.9 Å². The average Bonchev–Trinajstić information content (AvgIpc) is 3.05. The number of amides is 1. The molecular weight excluding hydrogens is 463 g/mol. The van der Waals surface area contributed by atoms with Gasteiger partial charge in [-0.2, -0.15) is 0 Å². The van der Waals surface area contributed by atoms with E-state index in [9.17, 15) is 13.6 Å². The monoisotopic (exact) mass is 475 g/mol. The number of anilines is 2. The third-order valence-corrected chi connectivity index (χ3v) is 3.99. The highest BCUT2D eigenvalue weighted by atomic mass is 127. The van der Waals surface area contributed by atoms with Gasteiger partial charge in [0.1, 0.15) is 23.4 Å². The molecule has 0 aliphatic rings. The summed E-state index contributed by atoms with van der Waals surface area (Å²) in [5.41, 5.74) is 1.67. The minimum absolute atomic E-state index is 0.0336. The summed E-state index contributed by atoms with van der Waals surface area (Å²) < 4.78 is 30.6. The molecule has 11 heteroatoms. The molecule has 0 aliphatic carbocycles. The van der Waals surface area contributed by atoms with Gasteiger partial charge in [-0.05, 0) is 40.8 Å². The smallest absolute Gasteiger partial charge is 0.280 e. The van der Waals surface area contributed by atoms with Crippen LogP contribution in [0.4, 0.5) is 20.2 Å². The molecule has 0 atom stereocenters. The highest BCUT2D eigenvalue weighted by Gasteiger charge is 2.23. The number of rotatable bonds is 6. The van der Waals surface area contributed by atoms with E-state index in [1.165, 1.54) is 22.9 Å². The van der Waals surface area contributed by atoms with Crippen LogP contribution in [0.2, 0.25) is 0 Å². The highest BCUT2D eigenvalue weighted by molar-refractivity contribution is 14.1. The van der Waals surface area contributed by atoms with Crippen LogP contribution in [-0.2, 0) is 4.84 Å².